The van der Waals surface area contributed by atoms with E-state index in [9.17, 15) is 14.4 Å². The number of benzene rings is 1. The summed E-state index contributed by atoms with van der Waals surface area (Å²) in [5.74, 6) is -0.499. The highest BCUT2D eigenvalue weighted by Gasteiger charge is 2.37. The van der Waals surface area contributed by atoms with Crippen molar-refractivity contribution in [1.29, 1.82) is 0 Å². The lowest BCUT2D eigenvalue weighted by Gasteiger charge is -2.36. The van der Waals surface area contributed by atoms with Crippen LogP contribution in [0.1, 0.15) is 27.6 Å². The molecule has 1 saturated heterocycles. The van der Waals surface area contributed by atoms with Gasteiger partial charge >= 0.3 is 0 Å². The summed E-state index contributed by atoms with van der Waals surface area (Å²) in [6.07, 6.45) is 0. The summed E-state index contributed by atoms with van der Waals surface area (Å²) in [4.78, 5) is 37.9. The fraction of sp³-hybridized carbons (Fsp3) is 0.308. The fourth-order valence-electron chi connectivity index (χ4n) is 2.35. The van der Waals surface area contributed by atoms with Gasteiger partial charge in [-0.2, -0.15) is 0 Å². The number of rotatable bonds is 1. The van der Waals surface area contributed by atoms with E-state index >= 15 is 0 Å². The Bertz CT molecular complexity index is 594. The zero-order valence-electron chi connectivity index (χ0n) is 10.1. The highest BCUT2D eigenvalue weighted by Crippen LogP contribution is 2.30. The van der Waals surface area contributed by atoms with Crippen LogP contribution in [0.3, 0.4) is 0 Å². The molecule has 1 aromatic carbocycles. The molecule has 0 radical (unpaired) electrons. The second-order valence-corrected chi connectivity index (χ2v) is 4.75. The number of hydrogen-bond donors (Lipinski definition) is 0. The van der Waals surface area contributed by atoms with Crippen molar-refractivity contribution in [2.75, 3.05) is 18.5 Å². The standard InChI is InChI=1S/C13H12N2O3/c1-7-6-15(11(7)16)8-3-4-9-10(5-8)13(18)14(2)12(9)17/h3-5,7H,6H2,1-2H3. The van der Waals surface area contributed by atoms with Gasteiger partial charge in [-0.3, -0.25) is 19.3 Å². The highest BCUT2D eigenvalue weighted by atomic mass is 16.2. The van der Waals surface area contributed by atoms with Gasteiger partial charge in [0.1, 0.15) is 0 Å². The molecular weight excluding hydrogens is 232 g/mol. The minimum absolute atomic E-state index is 0.0401. The fourth-order valence-corrected chi connectivity index (χ4v) is 2.35. The number of hydrogen-bond acceptors (Lipinski definition) is 3. The van der Waals surface area contributed by atoms with E-state index < -0.39 is 0 Å². The molecule has 0 N–H and O–H groups in total. The first-order valence-corrected chi connectivity index (χ1v) is 5.78. The van der Waals surface area contributed by atoms with Crippen molar-refractivity contribution in [3.63, 3.8) is 0 Å². The maximum absolute atomic E-state index is 11.8. The molecule has 0 saturated carbocycles. The molecule has 2 heterocycles. The third-order valence-electron chi connectivity index (χ3n) is 3.53. The predicted molar refractivity (Wildman–Crippen MR) is 64.4 cm³/mol. The van der Waals surface area contributed by atoms with Gasteiger partial charge in [0.2, 0.25) is 5.91 Å². The lowest BCUT2D eigenvalue weighted by Crippen LogP contribution is -2.51. The first-order chi connectivity index (χ1) is 8.50. The Balaban J connectivity index is 2.01. The minimum Gasteiger partial charge on any atom is -0.311 e. The predicted octanol–water partition coefficient (Wildman–Crippen LogP) is 0.895. The number of carbonyl (C=O) groups excluding carboxylic acids is 3. The molecule has 0 bridgehead atoms. The van der Waals surface area contributed by atoms with Crippen molar-refractivity contribution in [2.24, 2.45) is 5.92 Å². The van der Waals surface area contributed by atoms with E-state index in [1.165, 1.54) is 7.05 Å². The van der Waals surface area contributed by atoms with Crippen LogP contribution in [-0.4, -0.2) is 36.2 Å². The summed E-state index contributed by atoms with van der Waals surface area (Å²) in [7, 11) is 1.46. The number of β-lactam (4-membered cyclic amide) rings is 1. The van der Waals surface area contributed by atoms with Crippen LogP contribution in [0.2, 0.25) is 0 Å². The molecule has 2 aliphatic rings. The summed E-state index contributed by atoms with van der Waals surface area (Å²) < 4.78 is 0. The second-order valence-electron chi connectivity index (χ2n) is 4.75. The summed E-state index contributed by atoms with van der Waals surface area (Å²) in [6, 6.07) is 4.96. The Morgan fingerprint density at radius 1 is 1.11 bits per heavy atom. The molecule has 3 amide bonds. The van der Waals surface area contributed by atoms with Crippen LogP contribution >= 0.6 is 0 Å². The van der Waals surface area contributed by atoms with Crippen LogP contribution in [0.25, 0.3) is 0 Å². The Morgan fingerprint density at radius 2 is 1.78 bits per heavy atom. The van der Waals surface area contributed by atoms with Crippen molar-refractivity contribution >= 4 is 23.4 Å². The summed E-state index contributed by atoms with van der Waals surface area (Å²) in [6.45, 7) is 2.53. The number of imide groups is 1. The monoisotopic (exact) mass is 244 g/mol. The summed E-state index contributed by atoms with van der Waals surface area (Å²) in [5.41, 5.74) is 1.48. The van der Waals surface area contributed by atoms with Crippen LogP contribution in [0.15, 0.2) is 18.2 Å². The number of carbonyl (C=O) groups is 3. The first kappa shape index (κ1) is 11.0. The van der Waals surface area contributed by atoms with Gasteiger partial charge in [-0.1, -0.05) is 6.92 Å². The van der Waals surface area contributed by atoms with Gasteiger partial charge < -0.3 is 4.90 Å². The molecule has 0 aliphatic carbocycles. The number of amides is 3. The van der Waals surface area contributed by atoms with Gasteiger partial charge in [0.05, 0.1) is 17.0 Å². The average molecular weight is 244 g/mol. The third-order valence-corrected chi connectivity index (χ3v) is 3.53. The van der Waals surface area contributed by atoms with Crippen molar-refractivity contribution < 1.29 is 14.4 Å². The van der Waals surface area contributed by atoms with Gasteiger partial charge in [0, 0.05) is 19.3 Å². The lowest BCUT2D eigenvalue weighted by atomic mass is 9.99. The van der Waals surface area contributed by atoms with Crippen molar-refractivity contribution in [2.45, 2.75) is 6.92 Å². The average Bonchev–Trinajstić information content (AvgIpc) is 2.60. The molecule has 92 valence electrons. The molecule has 1 fully saturated rings. The smallest absolute Gasteiger partial charge is 0.261 e. The molecule has 3 rings (SSSR count). The Labute approximate surface area is 104 Å². The quantitative estimate of drug-likeness (QED) is 0.544. The van der Waals surface area contributed by atoms with Gasteiger partial charge in [0.15, 0.2) is 0 Å². The van der Waals surface area contributed by atoms with Gasteiger partial charge in [0.25, 0.3) is 11.8 Å². The molecule has 0 aromatic heterocycles. The molecule has 1 unspecified atom stereocenters. The summed E-state index contributed by atoms with van der Waals surface area (Å²) >= 11 is 0. The van der Waals surface area contributed by atoms with E-state index in [-0.39, 0.29) is 23.6 Å². The Hall–Kier alpha value is -2.17. The number of fused-ring (bicyclic) bond motifs is 1. The van der Waals surface area contributed by atoms with E-state index in [0.717, 1.165) is 4.90 Å². The van der Waals surface area contributed by atoms with E-state index in [0.29, 0.717) is 23.4 Å². The molecule has 1 aromatic rings. The maximum Gasteiger partial charge on any atom is 0.261 e. The molecule has 18 heavy (non-hydrogen) atoms. The topological polar surface area (TPSA) is 57.7 Å². The maximum atomic E-state index is 11.8. The van der Waals surface area contributed by atoms with Crippen LogP contribution in [0.4, 0.5) is 5.69 Å². The zero-order valence-corrected chi connectivity index (χ0v) is 10.1. The van der Waals surface area contributed by atoms with E-state index in [4.69, 9.17) is 0 Å². The first-order valence-electron chi connectivity index (χ1n) is 5.78. The van der Waals surface area contributed by atoms with Crippen molar-refractivity contribution in [3.8, 4) is 0 Å². The normalized spacial score (nSPS) is 22.3. The molecule has 2 aliphatic heterocycles. The molecule has 5 heteroatoms. The van der Waals surface area contributed by atoms with Crippen molar-refractivity contribution in [1.82, 2.24) is 4.90 Å². The van der Waals surface area contributed by atoms with Crippen molar-refractivity contribution in [3.05, 3.63) is 29.3 Å². The lowest BCUT2D eigenvalue weighted by molar-refractivity contribution is -0.126. The minimum atomic E-state index is -0.308. The second kappa shape index (κ2) is 3.41. The van der Waals surface area contributed by atoms with Gasteiger partial charge in [-0.15, -0.1) is 0 Å². The number of anilines is 1. The van der Waals surface area contributed by atoms with E-state index in [1.807, 2.05) is 6.92 Å². The molecule has 5 nitrogen and oxygen atoms in total. The molecule has 1 atom stereocenters. The Kier molecular flexibility index (Phi) is 2.08. The zero-order chi connectivity index (χ0) is 13.0. The van der Waals surface area contributed by atoms with Gasteiger partial charge in [-0.25, -0.2) is 0 Å². The largest absolute Gasteiger partial charge is 0.311 e. The SMILES string of the molecule is CC1CN(c2ccc3c(c2)C(=O)N(C)C3=O)C1=O. The third kappa shape index (κ3) is 1.24. The molecular formula is C13H12N2O3. The number of nitrogens with zero attached hydrogens (tertiary/aromatic N) is 2. The van der Waals surface area contributed by atoms with E-state index in [2.05, 4.69) is 0 Å². The van der Waals surface area contributed by atoms with Gasteiger partial charge in [-0.05, 0) is 18.2 Å². The summed E-state index contributed by atoms with van der Waals surface area (Å²) in [5, 5.41) is 0. The van der Waals surface area contributed by atoms with Crippen LogP contribution in [0, 0.1) is 5.92 Å². The van der Waals surface area contributed by atoms with Crippen LogP contribution in [-0.2, 0) is 4.79 Å². The van der Waals surface area contributed by atoms with Crippen LogP contribution in [0.5, 0.6) is 0 Å². The highest BCUT2D eigenvalue weighted by molar-refractivity contribution is 6.21. The molecule has 0 spiro atoms. The van der Waals surface area contributed by atoms with E-state index in [1.54, 1.807) is 23.1 Å². The Morgan fingerprint density at radius 3 is 2.39 bits per heavy atom. The van der Waals surface area contributed by atoms with Crippen LogP contribution < -0.4 is 4.90 Å².